The standard InChI is InChI=1S/C14H16N4O2/c15-11-3-1-2-4-13(11)18-8-6-12(16-18)14(20)17-7-5-10(19)9-17/h1-4,6,8,10,19H,5,7,9,15H2. The maximum absolute atomic E-state index is 12.2. The van der Waals surface area contributed by atoms with Gasteiger partial charge in [0.1, 0.15) is 0 Å². The molecule has 1 aromatic heterocycles. The largest absolute Gasteiger partial charge is 0.397 e. The van der Waals surface area contributed by atoms with Crippen molar-refractivity contribution in [3.63, 3.8) is 0 Å². The molecule has 6 heteroatoms. The molecule has 0 bridgehead atoms. The summed E-state index contributed by atoms with van der Waals surface area (Å²) in [5.74, 6) is -0.158. The number of carbonyl (C=O) groups excluding carboxylic acids is 1. The Bertz CT molecular complexity index is 638. The number of amides is 1. The van der Waals surface area contributed by atoms with Crippen molar-refractivity contribution in [1.29, 1.82) is 0 Å². The summed E-state index contributed by atoms with van der Waals surface area (Å²) in [5, 5.41) is 13.8. The summed E-state index contributed by atoms with van der Waals surface area (Å²) in [4.78, 5) is 13.8. The summed E-state index contributed by atoms with van der Waals surface area (Å²) in [6.07, 6.45) is 1.91. The Labute approximate surface area is 116 Å². The van der Waals surface area contributed by atoms with Gasteiger partial charge in [-0.05, 0) is 24.6 Å². The van der Waals surface area contributed by atoms with Crippen molar-refractivity contribution in [1.82, 2.24) is 14.7 Å². The second-order valence-corrected chi connectivity index (χ2v) is 4.90. The molecule has 1 aliphatic rings. The summed E-state index contributed by atoms with van der Waals surface area (Å²) in [5.41, 5.74) is 7.60. The lowest BCUT2D eigenvalue weighted by molar-refractivity contribution is 0.0759. The summed E-state index contributed by atoms with van der Waals surface area (Å²) in [7, 11) is 0. The van der Waals surface area contributed by atoms with E-state index in [9.17, 15) is 9.90 Å². The molecule has 104 valence electrons. The molecule has 0 spiro atoms. The molecule has 2 aromatic rings. The first-order valence-corrected chi connectivity index (χ1v) is 6.53. The van der Waals surface area contributed by atoms with Crippen LogP contribution in [-0.2, 0) is 0 Å². The van der Waals surface area contributed by atoms with Crippen LogP contribution < -0.4 is 5.73 Å². The minimum absolute atomic E-state index is 0.158. The Hall–Kier alpha value is -2.34. The molecule has 20 heavy (non-hydrogen) atoms. The Morgan fingerprint density at radius 3 is 2.85 bits per heavy atom. The molecule has 3 N–H and O–H groups in total. The van der Waals surface area contributed by atoms with Crippen molar-refractivity contribution in [2.24, 2.45) is 0 Å². The fraction of sp³-hybridized carbons (Fsp3) is 0.286. The molecule has 0 saturated carbocycles. The fourth-order valence-electron chi connectivity index (χ4n) is 2.36. The molecule has 1 aliphatic heterocycles. The number of rotatable bonds is 2. The zero-order valence-electron chi connectivity index (χ0n) is 10.9. The number of anilines is 1. The molecule has 1 unspecified atom stereocenters. The first kappa shape index (κ1) is 12.7. The van der Waals surface area contributed by atoms with Gasteiger partial charge in [0.05, 0.1) is 17.5 Å². The molecule has 1 atom stereocenters. The van der Waals surface area contributed by atoms with E-state index in [1.165, 1.54) is 0 Å². The van der Waals surface area contributed by atoms with Crippen LogP contribution in [-0.4, -0.2) is 44.9 Å². The summed E-state index contributed by atoms with van der Waals surface area (Å²) >= 11 is 0. The Balaban J connectivity index is 1.84. The number of carbonyl (C=O) groups is 1. The molecule has 6 nitrogen and oxygen atoms in total. The van der Waals surface area contributed by atoms with Crippen LogP contribution in [0.1, 0.15) is 16.9 Å². The molecule has 1 saturated heterocycles. The lowest BCUT2D eigenvalue weighted by Gasteiger charge is -2.13. The average Bonchev–Trinajstić information content (AvgIpc) is 3.07. The molecule has 1 aromatic carbocycles. The quantitative estimate of drug-likeness (QED) is 0.787. The van der Waals surface area contributed by atoms with E-state index < -0.39 is 6.10 Å². The number of likely N-dealkylation sites (tertiary alicyclic amines) is 1. The number of aliphatic hydroxyl groups is 1. The minimum Gasteiger partial charge on any atom is -0.397 e. The number of benzene rings is 1. The van der Waals surface area contributed by atoms with Gasteiger partial charge < -0.3 is 15.7 Å². The minimum atomic E-state index is -0.425. The van der Waals surface area contributed by atoms with Gasteiger partial charge >= 0.3 is 0 Å². The fourth-order valence-corrected chi connectivity index (χ4v) is 2.36. The van der Waals surface area contributed by atoms with Gasteiger partial charge in [-0.2, -0.15) is 5.10 Å². The Kier molecular flexibility index (Phi) is 3.15. The van der Waals surface area contributed by atoms with E-state index in [0.29, 0.717) is 30.9 Å². The molecular weight excluding hydrogens is 256 g/mol. The maximum atomic E-state index is 12.2. The van der Waals surface area contributed by atoms with Gasteiger partial charge in [-0.1, -0.05) is 12.1 Å². The predicted molar refractivity (Wildman–Crippen MR) is 74.5 cm³/mol. The molecule has 2 heterocycles. The van der Waals surface area contributed by atoms with Crippen LogP contribution >= 0.6 is 0 Å². The average molecular weight is 272 g/mol. The van der Waals surface area contributed by atoms with E-state index in [0.717, 1.165) is 5.69 Å². The maximum Gasteiger partial charge on any atom is 0.274 e. The van der Waals surface area contributed by atoms with Gasteiger partial charge in [-0.15, -0.1) is 0 Å². The summed E-state index contributed by atoms with van der Waals surface area (Å²) < 4.78 is 1.59. The smallest absolute Gasteiger partial charge is 0.274 e. The van der Waals surface area contributed by atoms with Gasteiger partial charge in [0.15, 0.2) is 5.69 Å². The van der Waals surface area contributed by atoms with E-state index in [-0.39, 0.29) is 5.91 Å². The van der Waals surface area contributed by atoms with E-state index in [1.807, 2.05) is 18.2 Å². The Morgan fingerprint density at radius 1 is 1.35 bits per heavy atom. The molecule has 1 fully saturated rings. The highest BCUT2D eigenvalue weighted by atomic mass is 16.3. The summed E-state index contributed by atoms with van der Waals surface area (Å²) in [6, 6.07) is 9.01. The van der Waals surface area contributed by atoms with E-state index in [1.54, 1.807) is 27.9 Å². The molecular formula is C14H16N4O2. The second kappa shape index (κ2) is 4.97. The van der Waals surface area contributed by atoms with Gasteiger partial charge in [-0.25, -0.2) is 4.68 Å². The molecule has 0 aliphatic carbocycles. The van der Waals surface area contributed by atoms with Crippen molar-refractivity contribution >= 4 is 11.6 Å². The van der Waals surface area contributed by atoms with Crippen molar-refractivity contribution in [3.8, 4) is 5.69 Å². The third-order valence-corrected chi connectivity index (χ3v) is 3.44. The van der Waals surface area contributed by atoms with Crippen LogP contribution in [0.4, 0.5) is 5.69 Å². The highest BCUT2D eigenvalue weighted by molar-refractivity contribution is 5.92. The monoisotopic (exact) mass is 272 g/mol. The van der Waals surface area contributed by atoms with Crippen LogP contribution in [0.25, 0.3) is 5.69 Å². The number of β-amino-alcohol motifs (C(OH)–C–C–N with tert-alkyl or cyclic N) is 1. The predicted octanol–water partition coefficient (Wildman–Crippen LogP) is 0.661. The van der Waals surface area contributed by atoms with Gasteiger partial charge in [0.25, 0.3) is 5.91 Å². The SMILES string of the molecule is Nc1ccccc1-n1ccc(C(=O)N2CCC(O)C2)n1. The van der Waals surface area contributed by atoms with Crippen molar-refractivity contribution in [3.05, 3.63) is 42.2 Å². The molecule has 3 rings (SSSR count). The normalized spacial score (nSPS) is 18.4. The highest BCUT2D eigenvalue weighted by Gasteiger charge is 2.26. The third-order valence-electron chi connectivity index (χ3n) is 3.44. The number of para-hydroxylation sites is 2. The van der Waals surface area contributed by atoms with Crippen molar-refractivity contribution < 1.29 is 9.90 Å². The van der Waals surface area contributed by atoms with Crippen molar-refractivity contribution in [2.75, 3.05) is 18.8 Å². The van der Waals surface area contributed by atoms with E-state index in [4.69, 9.17) is 5.73 Å². The van der Waals surface area contributed by atoms with Crippen LogP contribution in [0, 0.1) is 0 Å². The van der Waals surface area contributed by atoms with Gasteiger partial charge in [0.2, 0.25) is 0 Å². The first-order valence-electron chi connectivity index (χ1n) is 6.53. The number of nitrogens with zero attached hydrogens (tertiary/aromatic N) is 3. The zero-order chi connectivity index (χ0) is 14.1. The van der Waals surface area contributed by atoms with Crippen LogP contribution in [0.2, 0.25) is 0 Å². The number of nitrogen functional groups attached to an aromatic ring is 1. The highest BCUT2D eigenvalue weighted by Crippen LogP contribution is 2.17. The summed E-state index contributed by atoms with van der Waals surface area (Å²) in [6.45, 7) is 0.944. The van der Waals surface area contributed by atoms with Crippen LogP contribution in [0.15, 0.2) is 36.5 Å². The third kappa shape index (κ3) is 2.25. The lowest BCUT2D eigenvalue weighted by atomic mass is 10.3. The van der Waals surface area contributed by atoms with Gasteiger partial charge in [-0.3, -0.25) is 4.79 Å². The van der Waals surface area contributed by atoms with Crippen LogP contribution in [0.5, 0.6) is 0 Å². The topological polar surface area (TPSA) is 84.4 Å². The van der Waals surface area contributed by atoms with E-state index >= 15 is 0 Å². The molecule has 0 radical (unpaired) electrons. The van der Waals surface area contributed by atoms with Gasteiger partial charge in [0, 0.05) is 19.3 Å². The molecule has 1 amide bonds. The Morgan fingerprint density at radius 2 is 2.15 bits per heavy atom. The number of nitrogens with two attached hydrogens (primary N) is 1. The first-order chi connectivity index (χ1) is 9.65. The van der Waals surface area contributed by atoms with Crippen molar-refractivity contribution in [2.45, 2.75) is 12.5 Å². The second-order valence-electron chi connectivity index (χ2n) is 4.90. The van der Waals surface area contributed by atoms with E-state index in [2.05, 4.69) is 5.10 Å². The number of hydrogen-bond donors (Lipinski definition) is 2. The van der Waals surface area contributed by atoms with Crippen LogP contribution in [0.3, 0.4) is 0 Å². The lowest BCUT2D eigenvalue weighted by Crippen LogP contribution is -2.29. The number of hydrogen-bond acceptors (Lipinski definition) is 4. The number of aliphatic hydroxyl groups excluding tert-OH is 1. The number of aromatic nitrogens is 2. The zero-order valence-corrected chi connectivity index (χ0v) is 10.9.